The highest BCUT2D eigenvalue weighted by Gasteiger charge is 2.37. The first kappa shape index (κ1) is 9.09. The monoisotopic (exact) mass is 196 g/mol. The molecule has 4 nitrogen and oxygen atoms in total. The Balaban J connectivity index is 1.94. The smallest absolute Gasteiger partial charge is 0.0536 e. The van der Waals surface area contributed by atoms with Gasteiger partial charge in [0.2, 0.25) is 0 Å². The van der Waals surface area contributed by atoms with E-state index in [-0.39, 0.29) is 0 Å². The van der Waals surface area contributed by atoms with E-state index < -0.39 is 0 Å². The maximum Gasteiger partial charge on any atom is 0.0536 e. The molecule has 0 saturated carbocycles. The molecule has 0 N–H and O–H groups in total. The molecule has 0 aromatic carbocycles. The van der Waals surface area contributed by atoms with Crippen molar-refractivity contribution in [3.05, 3.63) is 0 Å². The molecule has 0 radical (unpaired) electrons. The zero-order chi connectivity index (χ0) is 9.71. The lowest BCUT2D eigenvalue weighted by atomic mass is 10.3. The summed E-state index contributed by atoms with van der Waals surface area (Å²) < 4.78 is 0. The highest BCUT2D eigenvalue weighted by molar-refractivity contribution is 4.87. The lowest BCUT2D eigenvalue weighted by Crippen LogP contribution is -2.45. The average molecular weight is 196 g/mol. The van der Waals surface area contributed by atoms with Crippen molar-refractivity contribution >= 4 is 0 Å². The van der Waals surface area contributed by atoms with Gasteiger partial charge in [-0.15, -0.1) is 0 Å². The van der Waals surface area contributed by atoms with Gasteiger partial charge in [-0.1, -0.05) is 0 Å². The van der Waals surface area contributed by atoms with E-state index in [1.807, 2.05) is 0 Å². The van der Waals surface area contributed by atoms with Gasteiger partial charge in [0.1, 0.15) is 0 Å². The topological polar surface area (TPSA) is 13.0 Å². The Labute approximate surface area is 86.0 Å². The van der Waals surface area contributed by atoms with Crippen molar-refractivity contribution < 1.29 is 0 Å². The van der Waals surface area contributed by atoms with Crippen molar-refractivity contribution in [1.29, 1.82) is 0 Å². The van der Waals surface area contributed by atoms with Crippen molar-refractivity contribution in [3.63, 3.8) is 0 Å². The number of fused-ring (bicyclic) bond motifs is 2. The highest BCUT2D eigenvalue weighted by atomic mass is 15.6. The first-order valence-corrected chi connectivity index (χ1v) is 5.65. The van der Waals surface area contributed by atoms with Gasteiger partial charge in [0.05, 0.1) is 26.7 Å². The molecular formula is C10H20N4. The summed E-state index contributed by atoms with van der Waals surface area (Å²) in [5.41, 5.74) is 0. The fourth-order valence-corrected chi connectivity index (χ4v) is 2.98. The van der Waals surface area contributed by atoms with Crippen LogP contribution in [0.1, 0.15) is 13.8 Å². The molecule has 4 unspecified atom stereocenters. The van der Waals surface area contributed by atoms with Crippen molar-refractivity contribution in [2.24, 2.45) is 0 Å². The summed E-state index contributed by atoms with van der Waals surface area (Å²) in [6, 6.07) is 1.44. The van der Waals surface area contributed by atoms with Crippen LogP contribution in [0.15, 0.2) is 0 Å². The van der Waals surface area contributed by atoms with Crippen molar-refractivity contribution in [1.82, 2.24) is 19.6 Å². The van der Waals surface area contributed by atoms with Gasteiger partial charge in [0.25, 0.3) is 0 Å². The molecule has 0 aromatic rings. The Kier molecular flexibility index (Phi) is 2.06. The fourth-order valence-electron chi connectivity index (χ4n) is 2.98. The lowest BCUT2D eigenvalue weighted by molar-refractivity contribution is 0.0602. The third kappa shape index (κ3) is 1.37. The predicted octanol–water partition coefficient (Wildman–Crippen LogP) is -0.158. The van der Waals surface area contributed by atoms with Gasteiger partial charge in [-0.25, -0.2) is 0 Å². The maximum atomic E-state index is 2.61. The minimum atomic E-state index is 0.718. The summed E-state index contributed by atoms with van der Waals surface area (Å²) in [5, 5.41) is 0. The molecule has 80 valence electrons. The minimum absolute atomic E-state index is 0.718. The molecule has 4 aliphatic rings. The Morgan fingerprint density at radius 3 is 1.71 bits per heavy atom. The number of rotatable bonds is 0. The van der Waals surface area contributed by atoms with E-state index in [0.29, 0.717) is 0 Å². The molecule has 14 heavy (non-hydrogen) atoms. The Hall–Kier alpha value is -0.160. The van der Waals surface area contributed by atoms with E-state index in [1.165, 1.54) is 33.1 Å². The fraction of sp³-hybridized carbons (Fsp3) is 1.00. The van der Waals surface area contributed by atoms with Crippen LogP contribution in [0.4, 0.5) is 0 Å². The normalized spacial score (nSPS) is 57.0. The van der Waals surface area contributed by atoms with Crippen molar-refractivity contribution in [3.8, 4) is 0 Å². The van der Waals surface area contributed by atoms with E-state index >= 15 is 0 Å². The van der Waals surface area contributed by atoms with Crippen LogP contribution in [0.3, 0.4) is 0 Å². The van der Waals surface area contributed by atoms with Crippen LogP contribution in [-0.4, -0.2) is 71.4 Å². The lowest BCUT2D eigenvalue weighted by Gasteiger charge is -2.31. The van der Waals surface area contributed by atoms with E-state index in [4.69, 9.17) is 0 Å². The Bertz CT molecular complexity index is 210. The number of nitrogens with zero attached hydrogens (tertiary/aromatic N) is 4. The van der Waals surface area contributed by atoms with Crippen LogP contribution >= 0.6 is 0 Å². The number of hydrogen-bond acceptors (Lipinski definition) is 4. The minimum Gasteiger partial charge on any atom is -0.276 e. The van der Waals surface area contributed by atoms with E-state index in [0.717, 1.165) is 18.8 Å². The third-order valence-corrected chi connectivity index (χ3v) is 3.82. The van der Waals surface area contributed by atoms with E-state index in [9.17, 15) is 0 Å². The second kappa shape index (κ2) is 3.17. The average Bonchev–Trinajstić information content (AvgIpc) is 2.43. The largest absolute Gasteiger partial charge is 0.276 e. The van der Waals surface area contributed by atoms with Gasteiger partial charge in [0, 0.05) is 25.2 Å². The Morgan fingerprint density at radius 2 is 1.21 bits per heavy atom. The summed E-state index contributed by atoms with van der Waals surface area (Å²) in [4.78, 5) is 10.4. The van der Waals surface area contributed by atoms with Gasteiger partial charge in [0.15, 0.2) is 0 Å². The van der Waals surface area contributed by atoms with Gasteiger partial charge in [-0.05, 0) is 13.8 Å². The molecule has 0 spiro atoms. The molecule has 4 rings (SSSR count). The number of hydrogen-bond donors (Lipinski definition) is 0. The van der Waals surface area contributed by atoms with Gasteiger partial charge in [-0.2, -0.15) is 0 Å². The Morgan fingerprint density at radius 1 is 0.714 bits per heavy atom. The standard InChI is InChI=1S/C10H20N4/c1-9-3-11-5-12-4-10(2)14(7-11)8-13(9)6-12/h9-10H,3-8H2,1-2H3/t9-,10+. The summed E-state index contributed by atoms with van der Waals surface area (Å²) in [7, 11) is 0. The second-order valence-electron chi connectivity index (χ2n) is 5.15. The second-order valence-corrected chi connectivity index (χ2v) is 5.15. The molecule has 4 heterocycles. The van der Waals surface area contributed by atoms with Crippen molar-refractivity contribution in [2.75, 3.05) is 39.8 Å². The predicted molar refractivity (Wildman–Crippen MR) is 55.5 cm³/mol. The third-order valence-electron chi connectivity index (χ3n) is 3.82. The quantitative estimate of drug-likeness (QED) is 0.534. The van der Waals surface area contributed by atoms with Crippen LogP contribution < -0.4 is 0 Å². The molecule has 0 amide bonds. The molecule has 4 aliphatic heterocycles. The van der Waals surface area contributed by atoms with Crippen LogP contribution in [0, 0.1) is 0 Å². The highest BCUT2D eigenvalue weighted by Crippen LogP contribution is 2.22. The zero-order valence-corrected chi connectivity index (χ0v) is 9.19. The molecule has 4 bridgehead atoms. The van der Waals surface area contributed by atoms with Gasteiger partial charge in [-0.3, -0.25) is 19.6 Å². The molecule has 0 aliphatic carbocycles. The molecule has 6 atom stereocenters. The molecule has 4 saturated heterocycles. The van der Waals surface area contributed by atoms with Crippen LogP contribution in [0.2, 0.25) is 0 Å². The molecule has 4 heteroatoms. The maximum absolute atomic E-state index is 2.61. The van der Waals surface area contributed by atoms with Gasteiger partial charge < -0.3 is 0 Å². The summed E-state index contributed by atoms with van der Waals surface area (Å²) in [6.45, 7) is 11.8. The SMILES string of the molecule is C[C@@H]1CN2CN3C[C@H](C)N(C2)CN1C3. The first-order valence-electron chi connectivity index (χ1n) is 5.65. The van der Waals surface area contributed by atoms with Gasteiger partial charge >= 0.3 is 0 Å². The summed E-state index contributed by atoms with van der Waals surface area (Å²) in [6.07, 6.45) is 0. The van der Waals surface area contributed by atoms with Crippen LogP contribution in [-0.2, 0) is 0 Å². The van der Waals surface area contributed by atoms with E-state index in [2.05, 4.69) is 33.4 Å². The zero-order valence-electron chi connectivity index (χ0n) is 9.19. The molecule has 4 fully saturated rings. The first-order chi connectivity index (χ1) is 6.72. The molecule has 0 aromatic heterocycles. The summed E-state index contributed by atoms with van der Waals surface area (Å²) >= 11 is 0. The molecular weight excluding hydrogens is 176 g/mol. The van der Waals surface area contributed by atoms with E-state index in [1.54, 1.807) is 0 Å². The van der Waals surface area contributed by atoms with Crippen LogP contribution in [0.25, 0.3) is 0 Å². The van der Waals surface area contributed by atoms with Crippen LogP contribution in [0.5, 0.6) is 0 Å². The van der Waals surface area contributed by atoms with Crippen molar-refractivity contribution in [2.45, 2.75) is 25.9 Å². The summed E-state index contributed by atoms with van der Waals surface area (Å²) in [5.74, 6) is 0.